The van der Waals surface area contributed by atoms with Crippen molar-refractivity contribution in [3.8, 4) is 5.75 Å². The Morgan fingerprint density at radius 2 is 1.23 bits per heavy atom. The van der Waals surface area contributed by atoms with E-state index in [1.807, 2.05) is 18.2 Å². The number of hydrogen-bond acceptors (Lipinski definition) is 4. The molecule has 0 unspecified atom stereocenters. The van der Waals surface area contributed by atoms with Gasteiger partial charge in [-0.3, -0.25) is 0 Å². The average Bonchev–Trinajstić information content (AvgIpc) is 2.80. The van der Waals surface area contributed by atoms with E-state index in [-0.39, 0.29) is 4.90 Å². The van der Waals surface area contributed by atoms with Crippen LogP contribution in [0.15, 0.2) is 59.5 Å². The van der Waals surface area contributed by atoms with Crippen LogP contribution in [-0.4, -0.2) is 34.0 Å². The summed E-state index contributed by atoms with van der Waals surface area (Å²) in [7, 11) is -2.53. The molecule has 174 valence electrons. The van der Waals surface area contributed by atoms with E-state index < -0.39 is 16.9 Å². The zero-order valence-corrected chi connectivity index (χ0v) is 21.3. The molecule has 0 fully saturated rings. The van der Waals surface area contributed by atoms with Crippen LogP contribution in [0, 0.1) is 0 Å². The predicted molar refractivity (Wildman–Crippen MR) is 134 cm³/mol. The summed E-state index contributed by atoms with van der Waals surface area (Å²) in [6.07, 6.45) is 8.22. The van der Waals surface area contributed by atoms with Gasteiger partial charge in [0.15, 0.2) is 0 Å². The van der Waals surface area contributed by atoms with Gasteiger partial charge < -0.3 is 0 Å². The molecule has 6 heteroatoms. The first-order valence-electron chi connectivity index (χ1n) is 11.5. The Morgan fingerprint density at radius 1 is 0.742 bits per heavy atom. The first-order chi connectivity index (χ1) is 14.9. The van der Waals surface area contributed by atoms with Gasteiger partial charge >= 0.3 is 190 Å². The summed E-state index contributed by atoms with van der Waals surface area (Å²) < 4.78 is 39.7. The Balaban J connectivity index is 2.76. The van der Waals surface area contributed by atoms with E-state index in [9.17, 15) is 8.42 Å². The Kier molecular flexibility index (Phi) is 9.54. The van der Waals surface area contributed by atoms with Crippen LogP contribution in [0.3, 0.4) is 0 Å². The van der Waals surface area contributed by atoms with Gasteiger partial charge in [-0.15, -0.1) is 0 Å². The van der Waals surface area contributed by atoms with Gasteiger partial charge in [0, 0.05) is 0 Å². The van der Waals surface area contributed by atoms with E-state index >= 15 is 0 Å². The maximum atomic E-state index is 13.8. The van der Waals surface area contributed by atoms with Crippen molar-refractivity contribution in [2.24, 2.45) is 0 Å². The van der Waals surface area contributed by atoms with E-state index in [2.05, 4.69) is 32.9 Å². The second-order valence-corrected chi connectivity index (χ2v) is 15.4. The number of para-hydroxylation sites is 1. The molecule has 31 heavy (non-hydrogen) atoms. The molecule has 0 aliphatic heterocycles. The topological polar surface area (TPSA) is 52.6 Å². The van der Waals surface area contributed by atoms with Gasteiger partial charge in [0.05, 0.1) is 0 Å². The van der Waals surface area contributed by atoms with Gasteiger partial charge in [-0.25, -0.2) is 0 Å². The van der Waals surface area contributed by atoms with Crippen molar-refractivity contribution in [1.29, 1.82) is 0 Å². The number of rotatable bonds is 14. The molecule has 2 aromatic carbocycles. The third-order valence-corrected chi connectivity index (χ3v) is 15.0. The SMILES string of the molecule is CCCCP(CCCC)(CCCC)(OS(=O)(=O)c1ccccc1OC)c1ccccc1. The molecule has 4 nitrogen and oxygen atoms in total. The zero-order valence-electron chi connectivity index (χ0n) is 19.5. The number of unbranched alkanes of at least 4 members (excludes halogenated alkanes) is 3. The molecule has 0 saturated carbocycles. The van der Waals surface area contributed by atoms with Crippen LogP contribution in [-0.2, 0) is 14.1 Å². The molecule has 0 spiro atoms. The van der Waals surface area contributed by atoms with Gasteiger partial charge in [0.1, 0.15) is 0 Å². The van der Waals surface area contributed by atoms with Crippen LogP contribution in [0.2, 0.25) is 0 Å². The molecular formula is C25H39O4PS. The summed E-state index contributed by atoms with van der Waals surface area (Å²) in [6.45, 7) is 3.18. The van der Waals surface area contributed by atoms with Gasteiger partial charge in [-0.1, -0.05) is 0 Å². The number of methoxy groups -OCH3 is 1. The predicted octanol–water partition coefficient (Wildman–Crippen LogP) is 6.59. The van der Waals surface area contributed by atoms with Crippen LogP contribution in [0.1, 0.15) is 59.3 Å². The van der Waals surface area contributed by atoms with Crippen LogP contribution in [0.4, 0.5) is 0 Å². The minimum absolute atomic E-state index is 0.118. The van der Waals surface area contributed by atoms with Gasteiger partial charge in [-0.2, -0.15) is 0 Å². The third-order valence-electron chi connectivity index (χ3n) is 6.13. The van der Waals surface area contributed by atoms with Gasteiger partial charge in [-0.05, 0) is 0 Å². The molecule has 2 aromatic rings. The number of ether oxygens (including phenoxy) is 1. The van der Waals surface area contributed by atoms with Crippen LogP contribution in [0.25, 0.3) is 0 Å². The standard InChI is InChI=1S/C25H39O4PS/c1-5-8-20-30(21-9-6-2,22-10-7-3,23-16-12-11-13-17-23)29-31(26,27)25-19-15-14-18-24(25)28-4/h11-19H,5-10,20-22H2,1-4H3. The van der Waals surface area contributed by atoms with E-state index in [1.165, 1.54) is 7.11 Å². The van der Waals surface area contributed by atoms with Crippen LogP contribution in [0.5, 0.6) is 5.75 Å². The molecule has 0 bridgehead atoms. The Morgan fingerprint density at radius 3 is 1.71 bits per heavy atom. The second-order valence-electron chi connectivity index (χ2n) is 8.37. The molecule has 0 heterocycles. The molecule has 0 saturated heterocycles. The third kappa shape index (κ3) is 5.88. The van der Waals surface area contributed by atoms with E-state index in [1.54, 1.807) is 24.3 Å². The summed E-state index contributed by atoms with van der Waals surface area (Å²) in [4.78, 5) is 0.118. The molecule has 0 atom stereocenters. The second kappa shape index (κ2) is 11.4. The first kappa shape index (κ1) is 25.8. The van der Waals surface area contributed by atoms with Crippen molar-refractivity contribution in [3.05, 3.63) is 54.6 Å². The van der Waals surface area contributed by atoms with Gasteiger partial charge in [0.2, 0.25) is 0 Å². The first-order valence-corrected chi connectivity index (χ1v) is 15.6. The van der Waals surface area contributed by atoms with Crippen molar-refractivity contribution < 1.29 is 17.1 Å². The van der Waals surface area contributed by atoms with Crippen molar-refractivity contribution >= 4 is 22.3 Å². The summed E-state index contributed by atoms with van der Waals surface area (Å²) in [5.74, 6) is 0.327. The maximum absolute atomic E-state index is 13.8. The Hall–Kier alpha value is -1.42. The fourth-order valence-electron chi connectivity index (χ4n) is 4.38. The van der Waals surface area contributed by atoms with Crippen LogP contribution < -0.4 is 10.0 Å². The average molecular weight is 467 g/mol. The summed E-state index contributed by atoms with van der Waals surface area (Å²) >= 11 is 0. The van der Waals surface area contributed by atoms with Crippen molar-refractivity contribution in [2.45, 2.75) is 64.2 Å². The van der Waals surface area contributed by atoms with Crippen molar-refractivity contribution in [1.82, 2.24) is 0 Å². The Labute approximate surface area is 189 Å². The fourth-order valence-corrected chi connectivity index (χ4v) is 14.2. The Bertz CT molecular complexity index is 888. The number of benzene rings is 2. The van der Waals surface area contributed by atoms with E-state index in [0.717, 1.165) is 62.3 Å². The van der Waals surface area contributed by atoms with Crippen LogP contribution >= 0.6 is 6.83 Å². The van der Waals surface area contributed by atoms with Crippen molar-refractivity contribution in [2.75, 3.05) is 25.6 Å². The summed E-state index contributed by atoms with van der Waals surface area (Å²) in [5.41, 5.74) is 0. The van der Waals surface area contributed by atoms with E-state index in [4.69, 9.17) is 8.71 Å². The minimum atomic E-state index is -4.03. The number of hydrogen-bond donors (Lipinski definition) is 0. The molecule has 0 aliphatic rings. The summed E-state index contributed by atoms with van der Waals surface area (Å²) in [6, 6.07) is 17.0. The van der Waals surface area contributed by atoms with Gasteiger partial charge in [0.25, 0.3) is 0 Å². The molecule has 0 N–H and O–H groups in total. The molecular weight excluding hydrogens is 427 g/mol. The molecule has 0 aliphatic carbocycles. The molecule has 0 aromatic heterocycles. The normalized spacial score (nSPS) is 13.5. The fraction of sp³-hybridized carbons (Fsp3) is 0.520. The van der Waals surface area contributed by atoms with Crippen molar-refractivity contribution in [3.63, 3.8) is 0 Å². The summed E-state index contributed by atoms with van der Waals surface area (Å²) in [5, 5.41) is 1.09. The van der Waals surface area contributed by atoms with E-state index in [0.29, 0.717) is 5.75 Å². The molecule has 0 radical (unpaired) electrons. The monoisotopic (exact) mass is 466 g/mol. The zero-order chi connectivity index (χ0) is 22.8. The molecule has 2 rings (SSSR count). The molecule has 0 amide bonds. The quantitative estimate of drug-likeness (QED) is 0.295.